The molecular weight excluding hydrogens is 288 g/mol. The van der Waals surface area contributed by atoms with Crippen molar-refractivity contribution < 1.29 is 4.79 Å². The van der Waals surface area contributed by atoms with Crippen molar-refractivity contribution in [3.63, 3.8) is 0 Å². The second kappa shape index (κ2) is 6.93. The monoisotopic (exact) mass is 306 g/mol. The van der Waals surface area contributed by atoms with Crippen LogP contribution in [0, 0.1) is 11.3 Å². The van der Waals surface area contributed by atoms with Gasteiger partial charge >= 0.3 is 0 Å². The van der Waals surface area contributed by atoms with Crippen molar-refractivity contribution in [2.45, 2.75) is 19.4 Å². The molecule has 0 atom stereocenters. The van der Waals surface area contributed by atoms with E-state index in [1.165, 1.54) is 12.8 Å². The van der Waals surface area contributed by atoms with Gasteiger partial charge in [0.25, 0.3) is 5.91 Å². The summed E-state index contributed by atoms with van der Waals surface area (Å²) in [6.45, 7) is 2.56. The minimum Gasteiger partial charge on any atom is -0.357 e. The van der Waals surface area contributed by atoms with E-state index in [0.29, 0.717) is 17.7 Å². The number of rotatable bonds is 4. The fourth-order valence-corrected chi connectivity index (χ4v) is 2.67. The lowest BCUT2D eigenvalue weighted by molar-refractivity contribution is 0.0951. The van der Waals surface area contributed by atoms with E-state index in [2.05, 4.69) is 15.2 Å². The number of nitrogens with one attached hydrogen (secondary N) is 1. The molecular formula is C18H18N4O. The molecule has 1 N–H and O–H groups in total. The van der Waals surface area contributed by atoms with Gasteiger partial charge in [0.05, 0.1) is 11.6 Å². The molecule has 0 saturated carbocycles. The Hall–Kier alpha value is -2.87. The first-order valence-corrected chi connectivity index (χ1v) is 7.74. The van der Waals surface area contributed by atoms with E-state index in [9.17, 15) is 4.79 Å². The molecule has 1 aliphatic rings. The molecule has 3 rings (SSSR count). The average Bonchev–Trinajstić information content (AvgIpc) is 3.15. The Bertz CT molecular complexity index is 727. The highest BCUT2D eigenvalue weighted by Crippen LogP contribution is 2.17. The quantitative estimate of drug-likeness (QED) is 0.942. The number of hydrogen-bond donors (Lipinski definition) is 1. The van der Waals surface area contributed by atoms with Gasteiger partial charge in [-0.1, -0.05) is 12.1 Å². The van der Waals surface area contributed by atoms with Crippen LogP contribution < -0.4 is 10.2 Å². The first kappa shape index (κ1) is 15.0. The normalized spacial score (nSPS) is 13.6. The zero-order chi connectivity index (χ0) is 16.1. The molecule has 1 amide bonds. The summed E-state index contributed by atoms with van der Waals surface area (Å²) in [6, 6.07) is 12.7. The summed E-state index contributed by atoms with van der Waals surface area (Å²) in [4.78, 5) is 18.9. The van der Waals surface area contributed by atoms with Crippen molar-refractivity contribution in [3.05, 3.63) is 59.3 Å². The van der Waals surface area contributed by atoms with Crippen molar-refractivity contribution in [3.8, 4) is 6.07 Å². The van der Waals surface area contributed by atoms with E-state index in [1.54, 1.807) is 30.5 Å². The van der Waals surface area contributed by atoms with Gasteiger partial charge in [0.1, 0.15) is 5.82 Å². The largest absolute Gasteiger partial charge is 0.357 e. The number of anilines is 1. The van der Waals surface area contributed by atoms with E-state index < -0.39 is 0 Å². The SMILES string of the molecule is N#Cc1cccc(C(=O)NCc2ccc(N3CCCC3)nc2)c1. The van der Waals surface area contributed by atoms with E-state index in [1.807, 2.05) is 18.2 Å². The van der Waals surface area contributed by atoms with Crippen LogP contribution in [0.3, 0.4) is 0 Å². The van der Waals surface area contributed by atoms with Crippen LogP contribution >= 0.6 is 0 Å². The molecule has 0 unspecified atom stereocenters. The highest BCUT2D eigenvalue weighted by atomic mass is 16.1. The second-order valence-electron chi connectivity index (χ2n) is 5.59. The predicted octanol–water partition coefficient (Wildman–Crippen LogP) is 2.48. The van der Waals surface area contributed by atoms with Gasteiger partial charge in [-0.2, -0.15) is 5.26 Å². The molecule has 0 bridgehead atoms. The fraction of sp³-hybridized carbons (Fsp3) is 0.278. The van der Waals surface area contributed by atoms with E-state index in [-0.39, 0.29) is 5.91 Å². The van der Waals surface area contributed by atoms with Crippen molar-refractivity contribution >= 4 is 11.7 Å². The molecule has 116 valence electrons. The molecule has 0 spiro atoms. The Morgan fingerprint density at radius 2 is 2.09 bits per heavy atom. The average molecular weight is 306 g/mol. The Labute approximate surface area is 135 Å². The summed E-state index contributed by atoms with van der Waals surface area (Å²) < 4.78 is 0. The maximum absolute atomic E-state index is 12.1. The van der Waals surface area contributed by atoms with Crippen LogP contribution in [0.2, 0.25) is 0 Å². The van der Waals surface area contributed by atoms with Gasteiger partial charge in [0.2, 0.25) is 0 Å². The summed E-state index contributed by atoms with van der Waals surface area (Å²) in [7, 11) is 0. The van der Waals surface area contributed by atoms with Crippen LogP contribution in [-0.2, 0) is 6.54 Å². The lowest BCUT2D eigenvalue weighted by atomic mass is 10.1. The third-order valence-corrected chi connectivity index (χ3v) is 3.95. The van der Waals surface area contributed by atoms with Crippen molar-refractivity contribution in [1.29, 1.82) is 5.26 Å². The summed E-state index contributed by atoms with van der Waals surface area (Å²) >= 11 is 0. The van der Waals surface area contributed by atoms with Gasteiger partial charge in [0, 0.05) is 31.4 Å². The van der Waals surface area contributed by atoms with Crippen LogP contribution in [0.4, 0.5) is 5.82 Å². The highest BCUT2D eigenvalue weighted by molar-refractivity contribution is 5.94. The van der Waals surface area contributed by atoms with Gasteiger partial charge < -0.3 is 10.2 Å². The number of nitriles is 1. The van der Waals surface area contributed by atoms with E-state index >= 15 is 0 Å². The summed E-state index contributed by atoms with van der Waals surface area (Å²) in [5.41, 5.74) is 1.93. The van der Waals surface area contributed by atoms with Gasteiger partial charge in [-0.15, -0.1) is 0 Å². The van der Waals surface area contributed by atoms with Crippen LogP contribution in [0.5, 0.6) is 0 Å². The zero-order valence-electron chi connectivity index (χ0n) is 12.8. The smallest absolute Gasteiger partial charge is 0.251 e. The van der Waals surface area contributed by atoms with Crippen molar-refractivity contribution in [1.82, 2.24) is 10.3 Å². The number of amides is 1. The lowest BCUT2D eigenvalue weighted by Gasteiger charge is -2.16. The molecule has 1 aromatic heterocycles. The molecule has 2 heterocycles. The van der Waals surface area contributed by atoms with Gasteiger partial charge in [-0.3, -0.25) is 4.79 Å². The summed E-state index contributed by atoms with van der Waals surface area (Å²) in [6.07, 6.45) is 4.25. The van der Waals surface area contributed by atoms with Crippen LogP contribution in [-0.4, -0.2) is 24.0 Å². The molecule has 1 fully saturated rings. The number of nitrogens with zero attached hydrogens (tertiary/aromatic N) is 3. The topological polar surface area (TPSA) is 69.0 Å². The molecule has 0 radical (unpaired) electrons. The van der Waals surface area contributed by atoms with Gasteiger partial charge in [-0.25, -0.2) is 4.98 Å². The fourth-order valence-electron chi connectivity index (χ4n) is 2.67. The number of carbonyl (C=O) groups is 1. The number of pyridine rings is 1. The molecule has 2 aromatic rings. The standard InChI is InChI=1S/C18H18N4O/c19-11-14-4-3-5-16(10-14)18(23)21-13-15-6-7-17(20-12-15)22-8-1-2-9-22/h3-7,10,12H,1-2,8-9,13H2,(H,21,23). The molecule has 1 aliphatic heterocycles. The third kappa shape index (κ3) is 3.67. The Morgan fingerprint density at radius 3 is 2.78 bits per heavy atom. The van der Waals surface area contributed by atoms with Gasteiger partial charge in [-0.05, 0) is 42.7 Å². The lowest BCUT2D eigenvalue weighted by Crippen LogP contribution is -2.23. The summed E-state index contributed by atoms with van der Waals surface area (Å²) in [5.74, 6) is 0.810. The molecule has 1 aromatic carbocycles. The second-order valence-corrected chi connectivity index (χ2v) is 5.59. The van der Waals surface area contributed by atoms with Crippen LogP contribution in [0.1, 0.15) is 34.3 Å². The first-order valence-electron chi connectivity index (χ1n) is 7.74. The molecule has 23 heavy (non-hydrogen) atoms. The molecule has 0 aliphatic carbocycles. The van der Waals surface area contributed by atoms with Crippen molar-refractivity contribution in [2.24, 2.45) is 0 Å². The van der Waals surface area contributed by atoms with E-state index in [4.69, 9.17) is 5.26 Å². The maximum Gasteiger partial charge on any atom is 0.251 e. The molecule has 5 heteroatoms. The van der Waals surface area contributed by atoms with Gasteiger partial charge in [0.15, 0.2) is 0 Å². The molecule has 5 nitrogen and oxygen atoms in total. The predicted molar refractivity (Wildman–Crippen MR) is 88.0 cm³/mol. The van der Waals surface area contributed by atoms with Crippen LogP contribution in [0.25, 0.3) is 0 Å². The number of carbonyl (C=O) groups excluding carboxylic acids is 1. The minimum absolute atomic E-state index is 0.189. The van der Waals surface area contributed by atoms with Crippen molar-refractivity contribution in [2.75, 3.05) is 18.0 Å². The molecule has 1 saturated heterocycles. The Morgan fingerprint density at radius 1 is 1.26 bits per heavy atom. The number of hydrogen-bond acceptors (Lipinski definition) is 4. The Kier molecular flexibility index (Phi) is 4.53. The van der Waals surface area contributed by atoms with Crippen LogP contribution in [0.15, 0.2) is 42.6 Å². The maximum atomic E-state index is 12.1. The number of aromatic nitrogens is 1. The first-order chi connectivity index (χ1) is 11.3. The van der Waals surface area contributed by atoms with E-state index in [0.717, 1.165) is 24.5 Å². The zero-order valence-corrected chi connectivity index (χ0v) is 12.8. The minimum atomic E-state index is -0.189. The number of benzene rings is 1. The Balaban J connectivity index is 1.59. The highest BCUT2D eigenvalue weighted by Gasteiger charge is 2.13. The summed E-state index contributed by atoms with van der Waals surface area (Å²) in [5, 5.41) is 11.7. The third-order valence-electron chi connectivity index (χ3n) is 3.95.